The second kappa shape index (κ2) is 18.8. The monoisotopic (exact) mass is 902 g/mol. The Bertz CT molecular complexity index is 2740. The fraction of sp³-hybridized carbons (Fsp3) is 0.238. The fourth-order valence-corrected chi connectivity index (χ4v) is 8.62. The minimum Gasteiger partial charge on any atom is -0.405 e. The minimum atomic E-state index is -4.98. The van der Waals surface area contributed by atoms with Crippen molar-refractivity contribution in [2.75, 3.05) is 25.4 Å². The first-order valence-corrected chi connectivity index (χ1v) is 21.2. The van der Waals surface area contributed by atoms with Gasteiger partial charge in [0, 0.05) is 45.2 Å². The summed E-state index contributed by atoms with van der Waals surface area (Å²) >= 11 is 8.92. The molecular weight excluding hydrogens is 865 g/mol. The number of thioether (sulfide) groups is 1. The quantitative estimate of drug-likeness (QED) is 0.0515. The smallest absolute Gasteiger partial charge is 0.405 e. The standard InChI is InChI=1S/C42H38ClF3N10O4S2/c1-22-23(2)62-40-36(22)37(25-12-14-26(43)15-13-25)51-32(38-55-54-24(3)56(38)40)19-34(57)48-16-17-49-35(58)21-61-41-52-30-10-6-4-8-28(30)31(53-41)18-27(47)20-50-39(59)29-9-5-7-11-33(29)60-42(44,45)46/h4-15,18,32H,16-17,19-21,47H2,1-3H3,(H,48,57)(H,49,58)(H,50,59)/t32-/m0/s1. The summed E-state index contributed by atoms with van der Waals surface area (Å²) in [6.07, 6.45) is -3.47. The van der Waals surface area contributed by atoms with E-state index < -0.39 is 24.1 Å². The summed E-state index contributed by atoms with van der Waals surface area (Å²) in [5, 5.41) is 19.4. The van der Waals surface area contributed by atoms with Gasteiger partial charge >= 0.3 is 6.36 Å². The Kier molecular flexibility index (Phi) is 13.2. The maximum absolute atomic E-state index is 13.4. The van der Waals surface area contributed by atoms with E-state index in [1.165, 1.54) is 24.3 Å². The third-order valence-corrected chi connectivity index (χ3v) is 11.9. The van der Waals surface area contributed by atoms with Crippen LogP contribution in [-0.2, 0) is 9.59 Å². The molecular formula is C42H38ClF3N10O4S2. The molecule has 0 unspecified atom stereocenters. The molecule has 0 saturated carbocycles. The van der Waals surface area contributed by atoms with Crippen LogP contribution >= 0.6 is 34.7 Å². The second-order valence-electron chi connectivity index (χ2n) is 14.0. The van der Waals surface area contributed by atoms with Crippen LogP contribution in [-0.4, -0.2) is 79.9 Å². The van der Waals surface area contributed by atoms with Crippen LogP contribution in [0.3, 0.4) is 0 Å². The van der Waals surface area contributed by atoms with Crippen molar-refractivity contribution in [1.82, 2.24) is 40.7 Å². The topological polar surface area (TPSA) is 191 Å². The average molecular weight is 903 g/mol. The summed E-state index contributed by atoms with van der Waals surface area (Å²) < 4.78 is 44.5. The first kappa shape index (κ1) is 43.8. The molecule has 3 amide bonds. The van der Waals surface area contributed by atoms with E-state index in [2.05, 4.69) is 54.7 Å². The number of nitrogens with zero attached hydrogens (tertiary/aromatic N) is 6. The first-order valence-electron chi connectivity index (χ1n) is 19.0. The van der Waals surface area contributed by atoms with Gasteiger partial charge in [-0.15, -0.1) is 34.7 Å². The lowest BCUT2D eigenvalue weighted by atomic mass is 9.99. The molecule has 0 fully saturated rings. The molecule has 20 heteroatoms. The van der Waals surface area contributed by atoms with E-state index in [1.54, 1.807) is 47.7 Å². The van der Waals surface area contributed by atoms with Crippen LogP contribution in [0.25, 0.3) is 22.0 Å². The fourth-order valence-electron chi connectivity index (χ4n) is 6.59. The highest BCUT2D eigenvalue weighted by Crippen LogP contribution is 2.39. The van der Waals surface area contributed by atoms with E-state index >= 15 is 0 Å². The molecule has 4 heterocycles. The number of aromatic nitrogens is 5. The van der Waals surface area contributed by atoms with Gasteiger partial charge < -0.3 is 26.4 Å². The number of ether oxygens (including phenoxy) is 1. The molecule has 0 bridgehead atoms. The summed E-state index contributed by atoms with van der Waals surface area (Å²) in [5.41, 5.74) is 10.7. The van der Waals surface area contributed by atoms with E-state index in [4.69, 9.17) is 22.3 Å². The average Bonchev–Trinajstić information content (AvgIpc) is 3.72. The van der Waals surface area contributed by atoms with Crippen molar-refractivity contribution in [3.8, 4) is 10.8 Å². The van der Waals surface area contributed by atoms with Gasteiger partial charge in [0.05, 0.1) is 41.2 Å². The lowest BCUT2D eigenvalue weighted by Gasteiger charge is -2.13. The van der Waals surface area contributed by atoms with Crippen LogP contribution < -0.4 is 26.4 Å². The number of para-hydroxylation sites is 2. The van der Waals surface area contributed by atoms with E-state index in [9.17, 15) is 27.6 Å². The molecule has 62 heavy (non-hydrogen) atoms. The van der Waals surface area contributed by atoms with Crippen molar-refractivity contribution < 1.29 is 32.3 Å². The highest BCUT2D eigenvalue weighted by Gasteiger charge is 2.34. The Morgan fingerprint density at radius 1 is 0.935 bits per heavy atom. The van der Waals surface area contributed by atoms with E-state index in [0.29, 0.717) is 33.3 Å². The van der Waals surface area contributed by atoms with Gasteiger partial charge in [0.1, 0.15) is 22.6 Å². The van der Waals surface area contributed by atoms with Gasteiger partial charge in [0.2, 0.25) is 11.8 Å². The van der Waals surface area contributed by atoms with Gasteiger partial charge in [-0.25, -0.2) is 9.97 Å². The third kappa shape index (κ3) is 10.2. The number of alkyl halides is 3. The summed E-state index contributed by atoms with van der Waals surface area (Å²) in [7, 11) is 0. The number of rotatable bonds is 14. The van der Waals surface area contributed by atoms with Crippen LogP contribution in [0, 0.1) is 20.8 Å². The van der Waals surface area contributed by atoms with E-state index in [0.717, 1.165) is 50.1 Å². The number of nitrogens with two attached hydrogens (primary N) is 1. The summed E-state index contributed by atoms with van der Waals surface area (Å²) in [6.45, 7) is 6.08. The number of aliphatic imine (C=N–C) groups is 1. The van der Waals surface area contributed by atoms with Crippen molar-refractivity contribution >= 4 is 75.1 Å². The Hall–Kier alpha value is -6.31. The molecule has 0 saturated heterocycles. The molecule has 3 aromatic carbocycles. The van der Waals surface area contributed by atoms with Crippen LogP contribution in [0.2, 0.25) is 5.02 Å². The van der Waals surface area contributed by atoms with Gasteiger partial charge in [-0.3, -0.25) is 23.9 Å². The minimum absolute atomic E-state index is 0.0101. The lowest BCUT2D eigenvalue weighted by molar-refractivity contribution is -0.274. The number of aryl methyl sites for hydroxylation is 2. The Morgan fingerprint density at radius 2 is 1.65 bits per heavy atom. The Balaban J connectivity index is 0.949. The number of fused-ring (bicyclic) bond motifs is 4. The molecule has 1 aliphatic rings. The van der Waals surface area contributed by atoms with Crippen molar-refractivity contribution in [3.05, 3.63) is 128 Å². The number of nitrogens with one attached hydrogen (secondary N) is 3. The van der Waals surface area contributed by atoms with Crippen molar-refractivity contribution in [2.24, 2.45) is 10.7 Å². The van der Waals surface area contributed by atoms with Gasteiger partial charge in [0.25, 0.3) is 5.91 Å². The molecule has 0 radical (unpaired) electrons. The summed E-state index contributed by atoms with van der Waals surface area (Å²) in [6, 6.07) is 18.9. The van der Waals surface area contributed by atoms with Gasteiger partial charge in [0.15, 0.2) is 11.0 Å². The predicted molar refractivity (Wildman–Crippen MR) is 232 cm³/mol. The van der Waals surface area contributed by atoms with Gasteiger partial charge in [-0.1, -0.05) is 65.8 Å². The first-order chi connectivity index (χ1) is 29.6. The van der Waals surface area contributed by atoms with Crippen molar-refractivity contribution in [1.29, 1.82) is 0 Å². The molecule has 1 atom stereocenters. The molecule has 320 valence electrons. The molecule has 7 rings (SSSR count). The number of thiophene rings is 1. The number of carbonyl (C=O) groups excluding carboxylic acids is 3. The Labute approximate surface area is 366 Å². The van der Waals surface area contributed by atoms with Crippen LogP contribution in [0.4, 0.5) is 13.2 Å². The zero-order chi connectivity index (χ0) is 44.1. The molecule has 5 N–H and O–H groups in total. The molecule has 1 aliphatic heterocycles. The summed E-state index contributed by atoms with van der Waals surface area (Å²) in [5.74, 6) is -0.882. The highest BCUT2D eigenvalue weighted by molar-refractivity contribution is 7.99. The third-order valence-electron chi connectivity index (χ3n) is 9.58. The molecule has 0 aliphatic carbocycles. The van der Waals surface area contributed by atoms with E-state index in [1.807, 2.05) is 23.6 Å². The number of hydrogen-bond acceptors (Lipinski definition) is 12. The van der Waals surface area contributed by atoms with Crippen LogP contribution in [0.5, 0.6) is 5.75 Å². The number of hydrogen-bond donors (Lipinski definition) is 4. The van der Waals surface area contributed by atoms with Crippen LogP contribution in [0.15, 0.2) is 88.6 Å². The second-order valence-corrected chi connectivity index (χ2v) is 16.5. The highest BCUT2D eigenvalue weighted by atomic mass is 35.5. The van der Waals surface area contributed by atoms with Gasteiger partial charge in [-0.05, 0) is 62.7 Å². The number of halogens is 4. The number of amides is 3. The molecule has 6 aromatic rings. The predicted octanol–water partition coefficient (Wildman–Crippen LogP) is 6.79. The number of benzene rings is 3. The number of carbonyl (C=O) groups is 3. The largest absolute Gasteiger partial charge is 0.573 e. The van der Waals surface area contributed by atoms with Gasteiger partial charge in [-0.2, -0.15) is 0 Å². The van der Waals surface area contributed by atoms with Crippen LogP contribution in [0.1, 0.15) is 61.7 Å². The maximum atomic E-state index is 13.4. The van der Waals surface area contributed by atoms with Crippen molar-refractivity contribution in [3.63, 3.8) is 0 Å². The zero-order valence-corrected chi connectivity index (χ0v) is 35.7. The molecule has 0 spiro atoms. The van der Waals surface area contributed by atoms with Crippen molar-refractivity contribution in [2.45, 2.75) is 44.8 Å². The molecule has 14 nitrogen and oxygen atoms in total. The lowest BCUT2D eigenvalue weighted by Crippen LogP contribution is -2.36. The SMILES string of the molecule is Cc1sc2c(c1C)C(c1ccc(Cl)cc1)=N[C@@H](CC(=O)NCCNC(=O)CSc1nc(C=C(N)CNC(=O)c3ccccc3OC(F)(F)F)c3ccccc3n1)c1nnc(C)n1-2. The normalized spacial score (nSPS) is 13.8. The zero-order valence-electron chi connectivity index (χ0n) is 33.3. The Morgan fingerprint density at radius 3 is 2.40 bits per heavy atom. The molecule has 3 aromatic heterocycles. The summed E-state index contributed by atoms with van der Waals surface area (Å²) in [4.78, 5) is 54.4. The maximum Gasteiger partial charge on any atom is 0.573 e. The van der Waals surface area contributed by atoms with E-state index in [-0.39, 0.29) is 60.0 Å².